The number of hydrogen-bond donors (Lipinski definition) is 3. The second-order valence-electron chi connectivity index (χ2n) is 4.41. The van der Waals surface area contributed by atoms with Crippen LogP contribution >= 0.6 is 11.6 Å². The summed E-state index contributed by atoms with van der Waals surface area (Å²) in [5.41, 5.74) is 5.93. The number of nitrogens with one attached hydrogen (secondary N) is 1. The van der Waals surface area contributed by atoms with Gasteiger partial charge in [0.2, 0.25) is 0 Å². The van der Waals surface area contributed by atoms with E-state index in [1.54, 1.807) is 0 Å². The normalized spacial score (nSPS) is 12.8. The molecule has 0 aliphatic carbocycles. The first kappa shape index (κ1) is 14.9. The van der Waals surface area contributed by atoms with Crippen LogP contribution in [0, 0.1) is 5.92 Å². The summed E-state index contributed by atoms with van der Waals surface area (Å²) in [6, 6.07) is -0.0269. The van der Waals surface area contributed by atoms with Gasteiger partial charge in [0.25, 0.3) is 5.56 Å². The standard InChI is InChI=1S/C11H19ClN4O2/c1-7(2)8(13)5-14-9-6-15-16(3-4-17)11(18)10(9)12/h6-8,14,17H,3-5,13H2,1-2H3. The van der Waals surface area contributed by atoms with Crippen molar-refractivity contribution in [3.8, 4) is 0 Å². The molecule has 0 saturated heterocycles. The number of aliphatic hydroxyl groups excluding tert-OH is 1. The molecular weight excluding hydrogens is 256 g/mol. The zero-order chi connectivity index (χ0) is 13.7. The van der Waals surface area contributed by atoms with Gasteiger partial charge in [-0.05, 0) is 5.92 Å². The van der Waals surface area contributed by atoms with Gasteiger partial charge in [-0.2, -0.15) is 5.10 Å². The fourth-order valence-electron chi connectivity index (χ4n) is 1.31. The molecule has 1 unspecified atom stereocenters. The van der Waals surface area contributed by atoms with Gasteiger partial charge >= 0.3 is 0 Å². The number of hydrogen-bond acceptors (Lipinski definition) is 5. The maximum atomic E-state index is 11.7. The third kappa shape index (κ3) is 3.69. The molecule has 1 atom stereocenters. The molecule has 0 spiro atoms. The van der Waals surface area contributed by atoms with Crippen LogP contribution in [0.2, 0.25) is 5.02 Å². The van der Waals surface area contributed by atoms with Crippen molar-refractivity contribution in [3.63, 3.8) is 0 Å². The number of nitrogens with zero attached hydrogens (tertiary/aromatic N) is 2. The Labute approximate surface area is 111 Å². The van der Waals surface area contributed by atoms with Crippen molar-refractivity contribution in [2.45, 2.75) is 26.4 Å². The van der Waals surface area contributed by atoms with Crippen molar-refractivity contribution in [3.05, 3.63) is 21.6 Å². The number of anilines is 1. The van der Waals surface area contributed by atoms with Crippen molar-refractivity contribution in [2.24, 2.45) is 11.7 Å². The van der Waals surface area contributed by atoms with E-state index in [-0.39, 0.29) is 24.2 Å². The lowest BCUT2D eigenvalue weighted by molar-refractivity contribution is 0.266. The van der Waals surface area contributed by atoms with Gasteiger partial charge in [0.15, 0.2) is 0 Å². The van der Waals surface area contributed by atoms with E-state index in [2.05, 4.69) is 10.4 Å². The van der Waals surface area contributed by atoms with E-state index in [4.69, 9.17) is 22.4 Å². The zero-order valence-corrected chi connectivity index (χ0v) is 11.3. The molecule has 7 heteroatoms. The minimum Gasteiger partial charge on any atom is -0.394 e. The van der Waals surface area contributed by atoms with Gasteiger partial charge in [-0.3, -0.25) is 4.79 Å². The van der Waals surface area contributed by atoms with E-state index < -0.39 is 5.56 Å². The molecule has 0 fully saturated rings. The van der Waals surface area contributed by atoms with Gasteiger partial charge in [0.1, 0.15) is 5.02 Å². The molecule has 18 heavy (non-hydrogen) atoms. The highest BCUT2D eigenvalue weighted by Gasteiger charge is 2.11. The van der Waals surface area contributed by atoms with Crippen LogP contribution in [-0.2, 0) is 6.54 Å². The molecule has 6 nitrogen and oxygen atoms in total. The summed E-state index contributed by atoms with van der Waals surface area (Å²) in [4.78, 5) is 11.7. The Balaban J connectivity index is 2.79. The third-order valence-corrected chi connectivity index (χ3v) is 3.05. The molecule has 1 aromatic heterocycles. The summed E-state index contributed by atoms with van der Waals surface area (Å²) in [5, 5.41) is 15.7. The SMILES string of the molecule is CC(C)C(N)CNc1cnn(CCO)c(=O)c1Cl. The Kier molecular flexibility index (Phi) is 5.58. The van der Waals surface area contributed by atoms with Crippen LogP contribution in [0.15, 0.2) is 11.0 Å². The lowest BCUT2D eigenvalue weighted by atomic mass is 10.1. The molecule has 1 heterocycles. The number of aliphatic hydroxyl groups is 1. The lowest BCUT2D eigenvalue weighted by Gasteiger charge is -2.17. The minimum absolute atomic E-state index is 0.0269. The van der Waals surface area contributed by atoms with E-state index in [1.807, 2.05) is 13.8 Å². The van der Waals surface area contributed by atoms with Crippen LogP contribution in [0.25, 0.3) is 0 Å². The van der Waals surface area contributed by atoms with Crippen LogP contribution in [0.5, 0.6) is 0 Å². The Hall–Kier alpha value is -1.11. The van der Waals surface area contributed by atoms with Crippen LogP contribution in [0.1, 0.15) is 13.8 Å². The highest BCUT2D eigenvalue weighted by molar-refractivity contribution is 6.32. The summed E-state index contributed by atoms with van der Waals surface area (Å²) < 4.78 is 1.12. The monoisotopic (exact) mass is 274 g/mol. The molecule has 0 saturated carbocycles. The average Bonchev–Trinajstić information content (AvgIpc) is 2.33. The van der Waals surface area contributed by atoms with Gasteiger partial charge < -0.3 is 16.2 Å². The predicted octanol–water partition coefficient (Wildman–Crippen LogP) is 0.284. The summed E-state index contributed by atoms with van der Waals surface area (Å²) in [6.07, 6.45) is 1.46. The minimum atomic E-state index is -0.422. The van der Waals surface area contributed by atoms with E-state index in [0.29, 0.717) is 18.2 Å². The molecule has 1 aromatic rings. The number of nitrogens with two attached hydrogens (primary N) is 1. The largest absolute Gasteiger partial charge is 0.394 e. The van der Waals surface area contributed by atoms with Crippen LogP contribution < -0.4 is 16.6 Å². The first-order valence-electron chi connectivity index (χ1n) is 5.83. The Morgan fingerprint density at radius 1 is 1.61 bits per heavy atom. The maximum Gasteiger partial charge on any atom is 0.287 e. The summed E-state index contributed by atoms with van der Waals surface area (Å²) >= 11 is 5.94. The van der Waals surface area contributed by atoms with Crippen molar-refractivity contribution in [2.75, 3.05) is 18.5 Å². The fourth-order valence-corrected chi connectivity index (χ4v) is 1.52. The Bertz CT molecular complexity index is 447. The molecule has 0 amide bonds. The topological polar surface area (TPSA) is 93.2 Å². The quantitative estimate of drug-likeness (QED) is 0.693. The van der Waals surface area contributed by atoms with Gasteiger partial charge in [-0.25, -0.2) is 4.68 Å². The third-order valence-electron chi connectivity index (χ3n) is 2.68. The molecule has 0 radical (unpaired) electrons. The van der Waals surface area contributed by atoms with Gasteiger partial charge in [-0.15, -0.1) is 0 Å². The summed E-state index contributed by atoms with van der Waals surface area (Å²) in [6.45, 7) is 4.53. The van der Waals surface area contributed by atoms with E-state index in [0.717, 1.165) is 4.68 Å². The van der Waals surface area contributed by atoms with Gasteiger partial charge in [0.05, 0.1) is 25.0 Å². The Morgan fingerprint density at radius 2 is 2.28 bits per heavy atom. The van der Waals surface area contributed by atoms with E-state index in [1.165, 1.54) is 6.20 Å². The maximum absolute atomic E-state index is 11.7. The highest BCUT2D eigenvalue weighted by Crippen LogP contribution is 2.15. The molecule has 102 valence electrons. The highest BCUT2D eigenvalue weighted by atomic mass is 35.5. The molecule has 4 N–H and O–H groups in total. The molecule has 0 aromatic carbocycles. The van der Waals surface area contributed by atoms with E-state index in [9.17, 15) is 4.79 Å². The summed E-state index contributed by atoms with van der Waals surface area (Å²) in [5.74, 6) is 0.332. The van der Waals surface area contributed by atoms with Crippen LogP contribution in [-0.4, -0.2) is 34.1 Å². The van der Waals surface area contributed by atoms with Crippen molar-refractivity contribution in [1.82, 2.24) is 9.78 Å². The second kappa shape index (κ2) is 6.72. The van der Waals surface area contributed by atoms with Gasteiger partial charge in [-0.1, -0.05) is 25.4 Å². The summed E-state index contributed by atoms with van der Waals surface area (Å²) in [7, 11) is 0. The number of aromatic nitrogens is 2. The lowest BCUT2D eigenvalue weighted by Crippen LogP contribution is -2.34. The van der Waals surface area contributed by atoms with Gasteiger partial charge in [0, 0.05) is 12.6 Å². The zero-order valence-electron chi connectivity index (χ0n) is 10.6. The molecule has 0 bridgehead atoms. The second-order valence-corrected chi connectivity index (χ2v) is 4.79. The van der Waals surface area contributed by atoms with Crippen molar-refractivity contribution < 1.29 is 5.11 Å². The predicted molar refractivity (Wildman–Crippen MR) is 71.9 cm³/mol. The Morgan fingerprint density at radius 3 is 2.83 bits per heavy atom. The smallest absolute Gasteiger partial charge is 0.287 e. The number of halogens is 1. The molecular formula is C11H19ClN4O2. The van der Waals surface area contributed by atoms with E-state index >= 15 is 0 Å². The molecule has 0 aliphatic rings. The van der Waals surface area contributed by atoms with Crippen LogP contribution in [0.4, 0.5) is 5.69 Å². The fraction of sp³-hybridized carbons (Fsp3) is 0.636. The van der Waals surface area contributed by atoms with Crippen LogP contribution in [0.3, 0.4) is 0 Å². The molecule has 1 rings (SSSR count). The first-order valence-corrected chi connectivity index (χ1v) is 6.21. The first-order chi connectivity index (χ1) is 8.47. The van der Waals surface area contributed by atoms with Crippen molar-refractivity contribution in [1.29, 1.82) is 0 Å². The molecule has 0 aliphatic heterocycles. The number of rotatable bonds is 6. The van der Waals surface area contributed by atoms with Crippen molar-refractivity contribution >= 4 is 17.3 Å². The average molecular weight is 275 g/mol.